The quantitative estimate of drug-likeness (QED) is 0.780. The molecule has 2 fully saturated rings. The molecule has 2 rings (SSSR count). The molecule has 0 aromatic heterocycles. The lowest BCUT2D eigenvalue weighted by molar-refractivity contribution is -0.127. The number of carbonyl (C=O) groups is 1. The van der Waals surface area contributed by atoms with Gasteiger partial charge in [-0.25, -0.2) is 0 Å². The van der Waals surface area contributed by atoms with Crippen LogP contribution in [0.25, 0.3) is 0 Å². The molecule has 2 atom stereocenters. The van der Waals surface area contributed by atoms with Gasteiger partial charge >= 0.3 is 0 Å². The normalized spacial score (nSPS) is 30.2. The number of nitrogens with zero attached hydrogens (tertiary/aromatic N) is 2. The van der Waals surface area contributed by atoms with Gasteiger partial charge in [-0.15, -0.1) is 0 Å². The molecule has 2 unspecified atom stereocenters. The third-order valence-corrected chi connectivity index (χ3v) is 4.77. The highest BCUT2D eigenvalue weighted by atomic mass is 16.2. The molecule has 0 saturated carbocycles. The van der Waals surface area contributed by atoms with Crippen molar-refractivity contribution in [2.75, 3.05) is 39.8 Å². The second-order valence-electron chi connectivity index (χ2n) is 6.29. The number of nitrogens with one attached hydrogen (secondary N) is 2. The van der Waals surface area contributed by atoms with Gasteiger partial charge in [-0.1, -0.05) is 0 Å². The summed E-state index contributed by atoms with van der Waals surface area (Å²) in [6.45, 7) is 9.68. The third kappa shape index (κ3) is 3.71. The molecule has 0 aromatic carbocycles. The Morgan fingerprint density at radius 2 is 2.05 bits per heavy atom. The van der Waals surface area contributed by atoms with Gasteiger partial charge in [0.05, 0.1) is 0 Å². The van der Waals surface area contributed by atoms with Crippen LogP contribution in [-0.4, -0.2) is 73.6 Å². The second-order valence-corrected chi connectivity index (χ2v) is 6.29. The zero-order valence-electron chi connectivity index (χ0n) is 13.2. The first-order valence-corrected chi connectivity index (χ1v) is 8.05. The van der Waals surface area contributed by atoms with Crippen molar-refractivity contribution in [3.63, 3.8) is 0 Å². The summed E-state index contributed by atoms with van der Waals surface area (Å²) in [5.74, 6) is 0.155. The lowest BCUT2D eigenvalue weighted by Crippen LogP contribution is -2.60. The Morgan fingerprint density at radius 3 is 2.75 bits per heavy atom. The third-order valence-electron chi connectivity index (χ3n) is 4.77. The second kappa shape index (κ2) is 7.38. The largest absolute Gasteiger partial charge is 0.358 e. The van der Waals surface area contributed by atoms with Gasteiger partial charge in [0.15, 0.2) is 0 Å². The molecular weight excluding hydrogens is 252 g/mol. The summed E-state index contributed by atoms with van der Waals surface area (Å²) in [6.07, 6.45) is 3.65. The highest BCUT2D eigenvalue weighted by molar-refractivity contribution is 5.81. The fourth-order valence-corrected chi connectivity index (χ4v) is 3.52. The van der Waals surface area contributed by atoms with Gasteiger partial charge in [-0.3, -0.25) is 9.69 Å². The van der Waals surface area contributed by atoms with Gasteiger partial charge in [-0.05, 0) is 46.2 Å². The zero-order chi connectivity index (χ0) is 14.5. The predicted octanol–water partition coefficient (Wildman–Crippen LogP) is 0.269. The SMILES string of the molecule is CNC(=O)C1CNCCN1C1CCCN(C(C)C)CC1. The number of likely N-dealkylation sites (tertiary alicyclic amines) is 1. The predicted molar refractivity (Wildman–Crippen MR) is 81.8 cm³/mol. The van der Waals surface area contributed by atoms with Gasteiger partial charge < -0.3 is 15.5 Å². The minimum absolute atomic E-state index is 0.00403. The minimum Gasteiger partial charge on any atom is -0.358 e. The molecule has 0 radical (unpaired) electrons. The Labute approximate surface area is 123 Å². The number of likely N-dealkylation sites (N-methyl/N-ethyl adjacent to an activating group) is 1. The summed E-state index contributed by atoms with van der Waals surface area (Å²) in [5.41, 5.74) is 0. The van der Waals surface area contributed by atoms with E-state index in [0.29, 0.717) is 12.1 Å². The summed E-state index contributed by atoms with van der Waals surface area (Å²) in [7, 11) is 1.74. The van der Waals surface area contributed by atoms with E-state index < -0.39 is 0 Å². The molecule has 0 bridgehead atoms. The van der Waals surface area contributed by atoms with Crippen molar-refractivity contribution in [3.8, 4) is 0 Å². The highest BCUT2D eigenvalue weighted by Crippen LogP contribution is 2.21. The molecular formula is C15H30N4O. The van der Waals surface area contributed by atoms with Crippen molar-refractivity contribution in [1.29, 1.82) is 0 Å². The van der Waals surface area contributed by atoms with E-state index in [9.17, 15) is 4.79 Å². The topological polar surface area (TPSA) is 47.6 Å². The van der Waals surface area contributed by atoms with Crippen LogP contribution in [0.1, 0.15) is 33.1 Å². The number of carbonyl (C=O) groups excluding carboxylic acids is 1. The van der Waals surface area contributed by atoms with Crippen LogP contribution in [0.5, 0.6) is 0 Å². The number of piperazine rings is 1. The fourth-order valence-electron chi connectivity index (χ4n) is 3.52. The molecule has 0 aliphatic carbocycles. The first kappa shape index (κ1) is 15.7. The maximum absolute atomic E-state index is 12.1. The van der Waals surface area contributed by atoms with Crippen LogP contribution in [0.3, 0.4) is 0 Å². The Kier molecular flexibility index (Phi) is 5.81. The monoisotopic (exact) mass is 282 g/mol. The van der Waals surface area contributed by atoms with Gasteiger partial charge in [0.25, 0.3) is 0 Å². The lowest BCUT2D eigenvalue weighted by atomic mass is 10.0. The van der Waals surface area contributed by atoms with Gasteiger partial charge in [0.2, 0.25) is 5.91 Å². The van der Waals surface area contributed by atoms with Crippen LogP contribution in [0.4, 0.5) is 0 Å². The molecule has 0 aromatic rings. The summed E-state index contributed by atoms with van der Waals surface area (Å²) in [5, 5.41) is 6.16. The summed E-state index contributed by atoms with van der Waals surface area (Å²) in [4.78, 5) is 17.1. The molecule has 2 aliphatic heterocycles. The van der Waals surface area contributed by atoms with Crippen molar-refractivity contribution in [3.05, 3.63) is 0 Å². The van der Waals surface area contributed by atoms with Crippen molar-refractivity contribution in [2.45, 2.75) is 51.2 Å². The maximum atomic E-state index is 12.1. The average Bonchev–Trinajstić information content (AvgIpc) is 2.72. The lowest BCUT2D eigenvalue weighted by Gasteiger charge is -2.40. The Morgan fingerprint density at radius 1 is 1.25 bits per heavy atom. The first-order chi connectivity index (χ1) is 9.63. The minimum atomic E-state index is 0.00403. The Bertz CT molecular complexity index is 321. The standard InChI is InChI=1S/C15H30N4O/c1-12(2)18-8-4-5-13(6-9-18)19-10-7-17-11-14(19)15(20)16-3/h12-14,17H,4-11H2,1-3H3,(H,16,20). The molecule has 116 valence electrons. The van der Waals surface area contributed by atoms with E-state index in [1.54, 1.807) is 7.05 Å². The van der Waals surface area contributed by atoms with E-state index in [0.717, 1.165) is 26.2 Å². The van der Waals surface area contributed by atoms with Gasteiger partial charge in [-0.2, -0.15) is 0 Å². The van der Waals surface area contributed by atoms with Crippen LogP contribution in [0.2, 0.25) is 0 Å². The first-order valence-electron chi connectivity index (χ1n) is 8.05. The Hall–Kier alpha value is -0.650. The molecule has 0 spiro atoms. The number of hydrogen-bond acceptors (Lipinski definition) is 4. The van der Waals surface area contributed by atoms with E-state index in [1.807, 2.05) is 0 Å². The van der Waals surface area contributed by atoms with Crippen molar-refractivity contribution < 1.29 is 4.79 Å². The number of rotatable bonds is 3. The van der Waals surface area contributed by atoms with Crippen LogP contribution >= 0.6 is 0 Å². The van der Waals surface area contributed by atoms with Crippen molar-refractivity contribution in [1.82, 2.24) is 20.4 Å². The molecule has 5 nitrogen and oxygen atoms in total. The molecule has 20 heavy (non-hydrogen) atoms. The van der Waals surface area contributed by atoms with E-state index in [4.69, 9.17) is 0 Å². The molecule has 5 heteroatoms. The average molecular weight is 282 g/mol. The molecule has 2 saturated heterocycles. The fraction of sp³-hybridized carbons (Fsp3) is 0.933. The molecule has 2 aliphatic rings. The smallest absolute Gasteiger partial charge is 0.238 e. The Balaban J connectivity index is 1.99. The van der Waals surface area contributed by atoms with Crippen LogP contribution in [0.15, 0.2) is 0 Å². The number of amides is 1. The highest BCUT2D eigenvalue weighted by Gasteiger charge is 2.33. The van der Waals surface area contributed by atoms with Crippen LogP contribution in [0, 0.1) is 0 Å². The summed E-state index contributed by atoms with van der Waals surface area (Å²) >= 11 is 0. The summed E-state index contributed by atoms with van der Waals surface area (Å²) < 4.78 is 0. The van der Waals surface area contributed by atoms with Crippen LogP contribution in [-0.2, 0) is 4.79 Å². The van der Waals surface area contributed by atoms with Crippen molar-refractivity contribution in [2.24, 2.45) is 0 Å². The number of hydrogen-bond donors (Lipinski definition) is 2. The van der Waals surface area contributed by atoms with E-state index in [2.05, 4.69) is 34.3 Å². The maximum Gasteiger partial charge on any atom is 0.238 e. The van der Waals surface area contributed by atoms with E-state index >= 15 is 0 Å². The molecule has 2 heterocycles. The zero-order valence-corrected chi connectivity index (χ0v) is 13.2. The van der Waals surface area contributed by atoms with Gasteiger partial charge in [0.1, 0.15) is 6.04 Å². The van der Waals surface area contributed by atoms with E-state index in [-0.39, 0.29) is 11.9 Å². The van der Waals surface area contributed by atoms with Gasteiger partial charge in [0, 0.05) is 38.8 Å². The molecule has 1 amide bonds. The van der Waals surface area contributed by atoms with Crippen molar-refractivity contribution >= 4 is 5.91 Å². The van der Waals surface area contributed by atoms with E-state index in [1.165, 1.54) is 25.8 Å². The summed E-state index contributed by atoms with van der Waals surface area (Å²) in [6, 6.07) is 1.19. The van der Waals surface area contributed by atoms with Crippen LogP contribution < -0.4 is 10.6 Å². The molecule has 2 N–H and O–H groups in total.